The molecule has 0 radical (unpaired) electrons. The van der Waals surface area contributed by atoms with Gasteiger partial charge in [-0.1, -0.05) is 25.1 Å². The van der Waals surface area contributed by atoms with Crippen LogP contribution >= 0.6 is 0 Å². The van der Waals surface area contributed by atoms with Gasteiger partial charge in [0.1, 0.15) is 0 Å². The second kappa shape index (κ2) is 7.94. The van der Waals surface area contributed by atoms with E-state index in [1.807, 2.05) is 48.7 Å². The van der Waals surface area contributed by atoms with Crippen molar-refractivity contribution in [2.24, 2.45) is 13.0 Å². The molecule has 5 heteroatoms. The van der Waals surface area contributed by atoms with Crippen LogP contribution in [0.2, 0.25) is 0 Å². The van der Waals surface area contributed by atoms with Crippen molar-refractivity contribution in [1.29, 1.82) is 0 Å². The predicted octanol–water partition coefficient (Wildman–Crippen LogP) is 3.32. The molecule has 0 saturated carbocycles. The van der Waals surface area contributed by atoms with Crippen LogP contribution in [0.4, 0.5) is 5.69 Å². The summed E-state index contributed by atoms with van der Waals surface area (Å²) >= 11 is 0. The molecule has 140 valence electrons. The molecule has 0 aliphatic carbocycles. The van der Waals surface area contributed by atoms with Crippen LogP contribution in [0.5, 0.6) is 0 Å². The Bertz CT molecular complexity index is 753. The average Bonchev–Trinajstić information content (AvgIpc) is 2.88. The summed E-state index contributed by atoms with van der Waals surface area (Å²) in [5.74, 6) is 0.235. The van der Waals surface area contributed by atoms with Gasteiger partial charge in [-0.25, -0.2) is 0 Å². The lowest BCUT2D eigenvalue weighted by Crippen LogP contribution is -2.47. The quantitative estimate of drug-likeness (QED) is 0.896. The molecule has 1 aromatic heterocycles. The van der Waals surface area contributed by atoms with E-state index >= 15 is 0 Å². The highest BCUT2D eigenvalue weighted by molar-refractivity contribution is 5.79. The number of piperidine rings is 1. The van der Waals surface area contributed by atoms with Crippen LogP contribution in [-0.2, 0) is 18.3 Å². The normalized spacial score (nSPS) is 18.6. The van der Waals surface area contributed by atoms with Gasteiger partial charge in [0.15, 0.2) is 0 Å². The zero-order valence-corrected chi connectivity index (χ0v) is 16.3. The van der Waals surface area contributed by atoms with Crippen LogP contribution in [-0.4, -0.2) is 39.7 Å². The number of nitrogens with zero attached hydrogens (tertiary/aromatic N) is 3. The number of aromatic nitrogens is 2. The number of likely N-dealkylation sites (tertiary alicyclic amines) is 1. The van der Waals surface area contributed by atoms with Crippen molar-refractivity contribution >= 4 is 11.6 Å². The number of amides is 1. The number of carbonyl (C=O) groups is 1. The van der Waals surface area contributed by atoms with Crippen LogP contribution in [0, 0.1) is 19.8 Å². The predicted molar refractivity (Wildman–Crippen MR) is 105 cm³/mol. The van der Waals surface area contributed by atoms with Crippen molar-refractivity contribution < 1.29 is 4.79 Å². The maximum Gasteiger partial charge on any atom is 0.225 e. The topological polar surface area (TPSA) is 50.2 Å². The Labute approximate surface area is 156 Å². The molecule has 1 saturated heterocycles. The highest BCUT2D eigenvalue weighted by atomic mass is 16.2. The number of carbonyl (C=O) groups excluding carboxylic acids is 1. The van der Waals surface area contributed by atoms with Gasteiger partial charge < -0.3 is 10.2 Å². The maximum absolute atomic E-state index is 13.0. The second-order valence-corrected chi connectivity index (χ2v) is 7.51. The molecule has 0 bridgehead atoms. The summed E-state index contributed by atoms with van der Waals surface area (Å²) in [6.45, 7) is 7.79. The van der Waals surface area contributed by atoms with Gasteiger partial charge in [-0.15, -0.1) is 0 Å². The molecule has 2 aromatic rings. The molecule has 2 atom stereocenters. The molecule has 1 amide bonds. The van der Waals surface area contributed by atoms with Crippen molar-refractivity contribution in [2.45, 2.75) is 46.1 Å². The summed E-state index contributed by atoms with van der Waals surface area (Å²) in [6.07, 6.45) is 2.92. The number of hydrogen-bond donors (Lipinski definition) is 1. The third kappa shape index (κ3) is 4.09. The van der Waals surface area contributed by atoms with Crippen LogP contribution in [0.25, 0.3) is 0 Å². The minimum absolute atomic E-state index is 0.0212. The van der Waals surface area contributed by atoms with Crippen molar-refractivity contribution in [3.05, 3.63) is 47.3 Å². The highest BCUT2D eigenvalue weighted by Gasteiger charge is 2.28. The van der Waals surface area contributed by atoms with Gasteiger partial charge in [-0.2, -0.15) is 5.10 Å². The molecule has 0 spiro atoms. The Hall–Kier alpha value is -2.30. The zero-order chi connectivity index (χ0) is 18.7. The van der Waals surface area contributed by atoms with Gasteiger partial charge in [-0.3, -0.25) is 9.48 Å². The van der Waals surface area contributed by atoms with E-state index in [0.29, 0.717) is 6.04 Å². The number of aryl methyl sites for hydroxylation is 2. The Balaban J connectivity index is 1.61. The first-order chi connectivity index (χ1) is 12.5. The number of benzene rings is 1. The largest absolute Gasteiger partial charge is 0.381 e. The van der Waals surface area contributed by atoms with E-state index in [-0.39, 0.29) is 11.8 Å². The van der Waals surface area contributed by atoms with E-state index in [1.54, 1.807) is 0 Å². The van der Waals surface area contributed by atoms with Gasteiger partial charge in [0, 0.05) is 43.5 Å². The van der Waals surface area contributed by atoms with Crippen LogP contribution in [0.3, 0.4) is 0 Å². The molecule has 5 nitrogen and oxygen atoms in total. The fourth-order valence-electron chi connectivity index (χ4n) is 3.88. The lowest BCUT2D eigenvalue weighted by atomic mass is 9.96. The second-order valence-electron chi connectivity index (χ2n) is 7.51. The van der Waals surface area contributed by atoms with E-state index in [1.165, 1.54) is 5.56 Å². The van der Waals surface area contributed by atoms with E-state index in [4.69, 9.17) is 0 Å². The summed E-state index contributed by atoms with van der Waals surface area (Å²) in [7, 11) is 1.96. The molecule has 2 heterocycles. The molecule has 3 rings (SSSR count). The third-order valence-electron chi connectivity index (χ3n) is 5.47. The standard InChI is InChI=1S/C21H30N4O/c1-15(13-20-16(2)23-24(4)17(20)3)21(26)25-12-8-11-19(14-25)22-18-9-6-5-7-10-18/h5-7,9-10,15,19,22H,8,11-14H2,1-4H3. The third-order valence-corrected chi connectivity index (χ3v) is 5.47. The smallest absolute Gasteiger partial charge is 0.225 e. The first kappa shape index (κ1) is 18.5. The Morgan fingerprint density at radius 2 is 2.04 bits per heavy atom. The van der Waals surface area contributed by atoms with Crippen molar-refractivity contribution in [2.75, 3.05) is 18.4 Å². The van der Waals surface area contributed by atoms with Gasteiger partial charge in [0.05, 0.1) is 5.69 Å². The van der Waals surface area contributed by atoms with E-state index in [2.05, 4.69) is 29.5 Å². The summed E-state index contributed by atoms with van der Waals surface area (Å²) in [5.41, 5.74) is 4.53. The fourth-order valence-corrected chi connectivity index (χ4v) is 3.88. The first-order valence-electron chi connectivity index (χ1n) is 9.55. The van der Waals surface area contributed by atoms with Crippen LogP contribution < -0.4 is 5.32 Å². The molecular formula is C21H30N4O. The van der Waals surface area contributed by atoms with Crippen molar-refractivity contribution in [1.82, 2.24) is 14.7 Å². The fraction of sp³-hybridized carbons (Fsp3) is 0.524. The first-order valence-corrected chi connectivity index (χ1v) is 9.55. The number of hydrogen-bond acceptors (Lipinski definition) is 3. The SMILES string of the molecule is Cc1nn(C)c(C)c1CC(C)C(=O)N1CCCC(Nc2ccccc2)C1. The minimum Gasteiger partial charge on any atom is -0.381 e. The number of nitrogens with one attached hydrogen (secondary N) is 1. The minimum atomic E-state index is -0.0212. The summed E-state index contributed by atoms with van der Waals surface area (Å²) in [5, 5.41) is 8.04. The molecule has 1 fully saturated rings. The summed E-state index contributed by atoms with van der Waals surface area (Å²) < 4.78 is 1.91. The highest BCUT2D eigenvalue weighted by Crippen LogP contribution is 2.21. The van der Waals surface area contributed by atoms with E-state index < -0.39 is 0 Å². The lowest BCUT2D eigenvalue weighted by molar-refractivity contribution is -0.136. The molecule has 1 N–H and O–H groups in total. The molecule has 26 heavy (non-hydrogen) atoms. The monoisotopic (exact) mass is 354 g/mol. The van der Waals surface area contributed by atoms with Gasteiger partial charge in [-0.05, 0) is 50.8 Å². The number of para-hydroxylation sites is 1. The number of anilines is 1. The van der Waals surface area contributed by atoms with E-state index in [0.717, 1.165) is 49.4 Å². The molecular weight excluding hydrogens is 324 g/mol. The maximum atomic E-state index is 13.0. The lowest BCUT2D eigenvalue weighted by Gasteiger charge is -2.35. The Morgan fingerprint density at radius 3 is 2.69 bits per heavy atom. The van der Waals surface area contributed by atoms with Gasteiger partial charge in [0.2, 0.25) is 5.91 Å². The average molecular weight is 354 g/mol. The molecule has 1 aliphatic rings. The Morgan fingerprint density at radius 1 is 1.31 bits per heavy atom. The van der Waals surface area contributed by atoms with Gasteiger partial charge in [0.25, 0.3) is 0 Å². The van der Waals surface area contributed by atoms with Crippen LogP contribution in [0.15, 0.2) is 30.3 Å². The number of rotatable bonds is 5. The van der Waals surface area contributed by atoms with Crippen LogP contribution in [0.1, 0.15) is 36.7 Å². The Kier molecular flexibility index (Phi) is 5.64. The molecule has 1 aromatic carbocycles. The van der Waals surface area contributed by atoms with Crippen molar-refractivity contribution in [3.63, 3.8) is 0 Å². The molecule has 2 unspecified atom stereocenters. The summed E-state index contributed by atoms with van der Waals surface area (Å²) in [4.78, 5) is 15.0. The summed E-state index contributed by atoms with van der Waals surface area (Å²) in [6, 6.07) is 10.6. The van der Waals surface area contributed by atoms with E-state index in [9.17, 15) is 4.79 Å². The van der Waals surface area contributed by atoms with Gasteiger partial charge >= 0.3 is 0 Å². The van der Waals surface area contributed by atoms with Crippen molar-refractivity contribution in [3.8, 4) is 0 Å². The zero-order valence-electron chi connectivity index (χ0n) is 16.3. The molecule has 1 aliphatic heterocycles.